The molecule has 4 aromatic rings. The minimum Gasteiger partial charge on any atom is -0.483 e. The van der Waals surface area contributed by atoms with Crippen LogP contribution in [0.4, 0.5) is 17.6 Å². The molecule has 6 rings (SSSR count). The van der Waals surface area contributed by atoms with Crippen LogP contribution in [0.5, 0.6) is 5.75 Å². The Hall–Kier alpha value is -4.65. The highest BCUT2D eigenvalue weighted by molar-refractivity contribution is 6.31. The first-order valence-electron chi connectivity index (χ1n) is 15.5. The van der Waals surface area contributed by atoms with Crippen molar-refractivity contribution in [3.63, 3.8) is 0 Å². The van der Waals surface area contributed by atoms with Crippen LogP contribution in [-0.4, -0.2) is 62.7 Å². The molecule has 2 fully saturated rings. The Labute approximate surface area is 277 Å². The summed E-state index contributed by atoms with van der Waals surface area (Å²) in [6.45, 7) is -0.178. The highest BCUT2D eigenvalue weighted by Crippen LogP contribution is 2.47. The summed E-state index contributed by atoms with van der Waals surface area (Å²) >= 11 is 5.97. The van der Waals surface area contributed by atoms with E-state index in [0.29, 0.717) is 29.7 Å². The molecule has 1 saturated heterocycles. The van der Waals surface area contributed by atoms with Gasteiger partial charge in [0.05, 0.1) is 27.9 Å². The number of carboxylic acids is 1. The zero-order chi connectivity index (χ0) is 34.2. The number of carbonyl (C=O) groups excluding carboxylic acids is 1. The summed E-state index contributed by atoms with van der Waals surface area (Å²) in [6.07, 6.45) is 4.00. The first kappa shape index (κ1) is 33.3. The lowest BCUT2D eigenvalue weighted by Crippen LogP contribution is -2.39. The maximum absolute atomic E-state index is 15.2. The summed E-state index contributed by atoms with van der Waals surface area (Å²) in [7, 11) is 0. The van der Waals surface area contributed by atoms with Crippen molar-refractivity contribution >= 4 is 23.5 Å². The predicted octanol–water partition coefficient (Wildman–Crippen LogP) is 6.80. The molecule has 0 bridgehead atoms. The van der Waals surface area contributed by atoms with Gasteiger partial charge in [-0.3, -0.25) is 14.7 Å². The molecule has 2 aromatic heterocycles. The van der Waals surface area contributed by atoms with Crippen molar-refractivity contribution < 1.29 is 46.9 Å². The number of alkyl halides is 3. The standard InChI is InChI=1S/C34H31ClF4N4O5/c35-26-9-11-29(48-19-34(37,38)39)30(31(26)36)22-8-10-27(43(47)18-22)28(15-23-14-25(23)32(44)41-12-2-1-3-13-41)42-17-24(16-40-42)20-4-6-21(7-5-20)33(45)46/h4-11,16-18,23,25,28H,1-3,12-15,19H2,(H-,45,46,47)/p+1/t23-,25+,28?/m0/s1. The predicted molar refractivity (Wildman–Crippen MR) is 165 cm³/mol. The average Bonchev–Trinajstić information content (AvgIpc) is 3.67. The second kappa shape index (κ2) is 13.5. The van der Waals surface area contributed by atoms with E-state index in [1.165, 1.54) is 24.3 Å². The summed E-state index contributed by atoms with van der Waals surface area (Å²) in [4.78, 5) is 26.5. The number of aromatic nitrogens is 3. The summed E-state index contributed by atoms with van der Waals surface area (Å²) in [5.74, 6) is -2.51. The Kier molecular flexibility index (Phi) is 9.33. The largest absolute Gasteiger partial charge is 0.483 e. The van der Waals surface area contributed by atoms with E-state index in [2.05, 4.69) is 5.10 Å². The lowest BCUT2D eigenvalue weighted by Gasteiger charge is -2.27. The van der Waals surface area contributed by atoms with Crippen LogP contribution >= 0.6 is 11.6 Å². The van der Waals surface area contributed by atoms with Crippen LogP contribution in [-0.2, 0) is 4.79 Å². The normalized spacial score (nSPS) is 18.4. The van der Waals surface area contributed by atoms with E-state index in [9.17, 15) is 33.1 Å². The molecule has 0 radical (unpaired) electrons. The summed E-state index contributed by atoms with van der Waals surface area (Å²) in [5.41, 5.74) is 1.52. The molecule has 1 aliphatic heterocycles. The molecule has 1 amide bonds. The Morgan fingerprint density at radius 2 is 1.73 bits per heavy atom. The lowest BCUT2D eigenvalue weighted by molar-refractivity contribution is -0.910. The number of benzene rings is 2. The van der Waals surface area contributed by atoms with Crippen LogP contribution in [0.25, 0.3) is 22.3 Å². The van der Waals surface area contributed by atoms with E-state index in [1.807, 2.05) is 4.90 Å². The maximum Gasteiger partial charge on any atom is 0.422 e. The number of carboxylic acid groups (broad SMARTS) is 1. The lowest BCUT2D eigenvalue weighted by atomic mass is 10.0. The van der Waals surface area contributed by atoms with Crippen molar-refractivity contribution in [1.29, 1.82) is 0 Å². The van der Waals surface area contributed by atoms with Crippen molar-refractivity contribution in [2.45, 2.75) is 44.3 Å². The molecule has 252 valence electrons. The van der Waals surface area contributed by atoms with Crippen LogP contribution in [0, 0.1) is 17.7 Å². The third kappa shape index (κ3) is 7.25. The van der Waals surface area contributed by atoms with Crippen LogP contribution in [0.15, 0.2) is 67.1 Å². The topological polar surface area (TPSA) is 109 Å². The van der Waals surface area contributed by atoms with E-state index >= 15 is 4.39 Å². The Bertz CT molecular complexity index is 1830. The van der Waals surface area contributed by atoms with Crippen LogP contribution < -0.4 is 9.47 Å². The van der Waals surface area contributed by atoms with Gasteiger partial charge in [0, 0.05) is 41.6 Å². The minimum atomic E-state index is -4.67. The van der Waals surface area contributed by atoms with Gasteiger partial charge in [-0.2, -0.15) is 18.3 Å². The van der Waals surface area contributed by atoms with E-state index < -0.39 is 36.4 Å². The molecule has 2 aromatic carbocycles. The van der Waals surface area contributed by atoms with Gasteiger partial charge in [0.15, 0.2) is 12.4 Å². The fraction of sp³-hybridized carbons (Fsp3) is 0.353. The van der Waals surface area contributed by atoms with Crippen LogP contribution in [0.3, 0.4) is 0 Å². The number of halogens is 5. The van der Waals surface area contributed by atoms with Gasteiger partial charge in [-0.25, -0.2) is 9.18 Å². The second-order valence-electron chi connectivity index (χ2n) is 12.2. The van der Waals surface area contributed by atoms with Gasteiger partial charge in [0.25, 0.3) is 5.69 Å². The van der Waals surface area contributed by atoms with Gasteiger partial charge >= 0.3 is 12.1 Å². The zero-order valence-electron chi connectivity index (χ0n) is 25.5. The fourth-order valence-electron chi connectivity index (χ4n) is 6.27. The van der Waals surface area contributed by atoms with Crippen LogP contribution in [0.2, 0.25) is 5.02 Å². The number of nitrogens with zero attached hydrogens (tertiary/aromatic N) is 4. The minimum absolute atomic E-state index is 0.000603. The summed E-state index contributed by atoms with van der Waals surface area (Å²) in [6, 6.07) is 10.9. The molecule has 2 N–H and O–H groups in total. The number of rotatable bonds is 10. The molecular formula is C34H32ClF4N4O5+. The molecule has 3 heterocycles. The fourth-order valence-corrected chi connectivity index (χ4v) is 6.42. The maximum atomic E-state index is 15.2. The summed E-state index contributed by atoms with van der Waals surface area (Å²) < 4.78 is 61.3. The van der Waals surface area contributed by atoms with E-state index in [1.54, 1.807) is 29.2 Å². The molecule has 9 nitrogen and oxygen atoms in total. The van der Waals surface area contributed by atoms with Gasteiger partial charge in [0.2, 0.25) is 12.1 Å². The van der Waals surface area contributed by atoms with Crippen molar-refractivity contribution in [1.82, 2.24) is 14.7 Å². The van der Waals surface area contributed by atoms with Crippen molar-refractivity contribution in [3.05, 3.63) is 89.2 Å². The highest BCUT2D eigenvalue weighted by Gasteiger charge is 2.47. The quantitative estimate of drug-likeness (QED) is 0.108. The molecule has 1 unspecified atom stereocenters. The Morgan fingerprint density at radius 3 is 2.40 bits per heavy atom. The molecule has 1 saturated carbocycles. The number of hydrogen-bond acceptors (Lipinski definition) is 5. The molecule has 0 spiro atoms. The first-order valence-corrected chi connectivity index (χ1v) is 15.9. The highest BCUT2D eigenvalue weighted by atomic mass is 35.5. The number of likely N-dealkylation sites (tertiary alicyclic amines) is 1. The third-order valence-electron chi connectivity index (χ3n) is 8.86. The summed E-state index contributed by atoms with van der Waals surface area (Å²) in [5, 5.41) is 24.8. The average molecular weight is 688 g/mol. The van der Waals surface area contributed by atoms with Crippen molar-refractivity contribution in [3.8, 4) is 28.0 Å². The molecule has 1 aliphatic carbocycles. The molecule has 2 aliphatic rings. The third-order valence-corrected chi connectivity index (χ3v) is 9.15. The number of ether oxygens (including phenoxy) is 1. The van der Waals surface area contributed by atoms with Gasteiger partial charge in [0.1, 0.15) is 11.8 Å². The number of carbonyl (C=O) groups is 2. The van der Waals surface area contributed by atoms with Gasteiger partial charge < -0.3 is 14.7 Å². The van der Waals surface area contributed by atoms with Crippen molar-refractivity contribution in [2.75, 3.05) is 19.7 Å². The number of hydrogen-bond donors (Lipinski definition) is 2. The van der Waals surface area contributed by atoms with E-state index in [4.69, 9.17) is 16.3 Å². The molecule has 14 heteroatoms. The smallest absolute Gasteiger partial charge is 0.422 e. The SMILES string of the molecule is O=C(O)c1ccc(-c2cnn(C(C[C@@H]3C[C@H]3C(=O)N3CCCCC3)c3ccc(-c4c(OCC(F)(F)F)ccc(Cl)c4F)c[n+]3O)c2)cc1. The van der Waals surface area contributed by atoms with Crippen LogP contribution in [0.1, 0.15) is 54.2 Å². The molecule has 3 atom stereocenters. The number of pyridine rings is 1. The Balaban J connectivity index is 1.33. The van der Waals surface area contributed by atoms with Gasteiger partial charge in [-0.1, -0.05) is 23.7 Å². The molecule has 48 heavy (non-hydrogen) atoms. The number of amides is 1. The second-order valence-corrected chi connectivity index (χ2v) is 12.6. The zero-order valence-corrected chi connectivity index (χ0v) is 26.3. The first-order chi connectivity index (χ1) is 22.9. The monoisotopic (exact) mass is 687 g/mol. The van der Waals surface area contributed by atoms with Gasteiger partial charge in [-0.05, 0) is 73.9 Å². The van der Waals surface area contributed by atoms with E-state index in [0.717, 1.165) is 55.4 Å². The molecular weight excluding hydrogens is 656 g/mol. The van der Waals surface area contributed by atoms with Gasteiger partial charge in [-0.15, -0.1) is 0 Å². The van der Waals surface area contributed by atoms with E-state index in [-0.39, 0.29) is 39.5 Å². The Morgan fingerprint density at radius 1 is 1.02 bits per heavy atom. The number of piperidine rings is 1. The number of aromatic carboxylic acids is 1. The van der Waals surface area contributed by atoms with Crippen molar-refractivity contribution in [2.24, 2.45) is 11.8 Å².